The van der Waals surface area contributed by atoms with Crippen LogP contribution in [0.15, 0.2) is 30.5 Å². The van der Waals surface area contributed by atoms with E-state index in [1.165, 1.54) is 10.9 Å². The van der Waals surface area contributed by atoms with E-state index >= 15 is 0 Å². The number of aryl methyl sites for hydroxylation is 2. The lowest BCUT2D eigenvalue weighted by molar-refractivity contribution is 0.673. The zero-order chi connectivity index (χ0) is 14.3. The Bertz CT molecular complexity index is 770. The van der Waals surface area contributed by atoms with Gasteiger partial charge in [0.25, 0.3) is 0 Å². The van der Waals surface area contributed by atoms with Gasteiger partial charge in [-0.25, -0.2) is 0 Å². The minimum atomic E-state index is 0.549. The number of benzene rings is 1. The van der Waals surface area contributed by atoms with Gasteiger partial charge in [-0.15, -0.1) is 0 Å². The standard InChI is InChI=1S/C15H17ClN4/c1-10-15(16)14(19(2)18-10)9-20-7-6-12-11(8-17)4-3-5-13(12)20/h3-7H,8-9,17H2,1-2H3. The fraction of sp³-hybridized carbons (Fsp3) is 0.267. The van der Waals surface area contributed by atoms with Gasteiger partial charge in [-0.1, -0.05) is 23.7 Å². The van der Waals surface area contributed by atoms with Gasteiger partial charge >= 0.3 is 0 Å². The van der Waals surface area contributed by atoms with Crippen molar-refractivity contribution in [3.8, 4) is 0 Å². The Kier molecular flexibility index (Phi) is 3.28. The van der Waals surface area contributed by atoms with Gasteiger partial charge in [0.2, 0.25) is 0 Å². The molecule has 4 nitrogen and oxygen atoms in total. The van der Waals surface area contributed by atoms with E-state index in [0.29, 0.717) is 13.1 Å². The molecular formula is C15H17ClN4. The van der Waals surface area contributed by atoms with Gasteiger partial charge < -0.3 is 10.3 Å². The maximum absolute atomic E-state index is 6.32. The number of rotatable bonds is 3. The second-order valence-corrected chi connectivity index (χ2v) is 5.35. The summed E-state index contributed by atoms with van der Waals surface area (Å²) in [6.07, 6.45) is 2.07. The van der Waals surface area contributed by atoms with Gasteiger partial charge in [0.15, 0.2) is 0 Å². The van der Waals surface area contributed by atoms with Crippen LogP contribution in [0.5, 0.6) is 0 Å². The molecule has 0 radical (unpaired) electrons. The van der Waals surface area contributed by atoms with Gasteiger partial charge in [-0.2, -0.15) is 5.10 Å². The molecule has 0 aliphatic carbocycles. The molecule has 1 aromatic carbocycles. The van der Waals surface area contributed by atoms with Gasteiger partial charge in [-0.3, -0.25) is 4.68 Å². The molecule has 2 N–H and O–H groups in total. The summed E-state index contributed by atoms with van der Waals surface area (Å²) in [5, 5.41) is 6.30. The molecule has 3 aromatic rings. The number of halogens is 1. The number of nitrogens with two attached hydrogens (primary N) is 1. The summed E-state index contributed by atoms with van der Waals surface area (Å²) in [7, 11) is 1.92. The highest BCUT2D eigenvalue weighted by atomic mass is 35.5. The second kappa shape index (κ2) is 4.96. The van der Waals surface area contributed by atoms with E-state index < -0.39 is 0 Å². The molecule has 0 spiro atoms. The average Bonchev–Trinajstić information content (AvgIpc) is 2.96. The topological polar surface area (TPSA) is 48.8 Å². The Morgan fingerprint density at radius 3 is 2.75 bits per heavy atom. The minimum absolute atomic E-state index is 0.549. The lowest BCUT2D eigenvalue weighted by atomic mass is 10.1. The van der Waals surface area contributed by atoms with E-state index in [-0.39, 0.29) is 0 Å². The van der Waals surface area contributed by atoms with Crippen LogP contribution in [-0.4, -0.2) is 14.3 Å². The average molecular weight is 289 g/mol. The Labute approximate surface area is 122 Å². The molecular weight excluding hydrogens is 272 g/mol. The molecule has 0 aliphatic heterocycles. The van der Waals surface area contributed by atoms with Crippen LogP contribution in [0.25, 0.3) is 10.9 Å². The van der Waals surface area contributed by atoms with Crippen molar-refractivity contribution in [2.24, 2.45) is 12.8 Å². The number of fused-ring (bicyclic) bond motifs is 1. The van der Waals surface area contributed by atoms with Crippen molar-refractivity contribution >= 4 is 22.5 Å². The molecule has 5 heteroatoms. The molecule has 0 amide bonds. The Morgan fingerprint density at radius 1 is 1.30 bits per heavy atom. The van der Waals surface area contributed by atoms with E-state index in [1.54, 1.807) is 0 Å². The predicted molar refractivity (Wildman–Crippen MR) is 81.9 cm³/mol. The van der Waals surface area contributed by atoms with Crippen LogP contribution in [0.3, 0.4) is 0 Å². The first kappa shape index (κ1) is 13.2. The first-order chi connectivity index (χ1) is 9.61. The van der Waals surface area contributed by atoms with Gasteiger partial charge in [-0.05, 0) is 24.6 Å². The highest BCUT2D eigenvalue weighted by Gasteiger charge is 2.13. The van der Waals surface area contributed by atoms with Crippen molar-refractivity contribution < 1.29 is 0 Å². The SMILES string of the molecule is Cc1nn(C)c(Cn2ccc3c(CN)cccc32)c1Cl. The maximum Gasteiger partial charge on any atom is 0.0865 e. The summed E-state index contributed by atoms with van der Waals surface area (Å²) < 4.78 is 4.02. The second-order valence-electron chi connectivity index (χ2n) is 4.97. The molecule has 0 atom stereocenters. The summed E-state index contributed by atoms with van der Waals surface area (Å²) >= 11 is 6.32. The number of aromatic nitrogens is 3. The molecule has 2 aromatic heterocycles. The minimum Gasteiger partial charge on any atom is -0.341 e. The van der Waals surface area contributed by atoms with E-state index in [0.717, 1.165) is 22.0 Å². The third-order valence-corrected chi connectivity index (χ3v) is 4.20. The lowest BCUT2D eigenvalue weighted by Crippen LogP contribution is -2.05. The lowest BCUT2D eigenvalue weighted by Gasteiger charge is -2.07. The van der Waals surface area contributed by atoms with E-state index in [9.17, 15) is 0 Å². The van der Waals surface area contributed by atoms with Crippen LogP contribution in [0.2, 0.25) is 5.02 Å². The molecule has 0 unspecified atom stereocenters. The fourth-order valence-electron chi connectivity index (χ4n) is 2.62. The van der Waals surface area contributed by atoms with Crippen LogP contribution in [0.1, 0.15) is 17.0 Å². The summed E-state index contributed by atoms with van der Waals surface area (Å²) in [5.74, 6) is 0. The molecule has 0 saturated heterocycles. The Morgan fingerprint density at radius 2 is 2.10 bits per heavy atom. The van der Waals surface area contributed by atoms with Crippen molar-refractivity contribution in [2.45, 2.75) is 20.0 Å². The van der Waals surface area contributed by atoms with Crippen molar-refractivity contribution in [2.75, 3.05) is 0 Å². The smallest absolute Gasteiger partial charge is 0.0865 e. The van der Waals surface area contributed by atoms with E-state index in [1.807, 2.05) is 24.7 Å². The van der Waals surface area contributed by atoms with E-state index in [4.69, 9.17) is 17.3 Å². The molecule has 104 valence electrons. The number of hydrogen-bond donors (Lipinski definition) is 1. The zero-order valence-electron chi connectivity index (χ0n) is 11.6. The first-order valence-corrected chi connectivity index (χ1v) is 6.94. The van der Waals surface area contributed by atoms with Crippen LogP contribution in [0, 0.1) is 6.92 Å². The van der Waals surface area contributed by atoms with Crippen LogP contribution >= 0.6 is 11.6 Å². The fourth-order valence-corrected chi connectivity index (χ4v) is 2.84. The first-order valence-electron chi connectivity index (χ1n) is 6.56. The van der Waals surface area contributed by atoms with Gasteiger partial charge in [0.1, 0.15) is 0 Å². The predicted octanol–water partition coefficient (Wildman–Crippen LogP) is 2.84. The maximum atomic E-state index is 6.32. The normalized spacial score (nSPS) is 11.4. The highest BCUT2D eigenvalue weighted by molar-refractivity contribution is 6.31. The number of hydrogen-bond acceptors (Lipinski definition) is 2. The van der Waals surface area contributed by atoms with Gasteiger partial charge in [0.05, 0.1) is 23.0 Å². The Balaban J connectivity index is 2.07. The summed E-state index contributed by atoms with van der Waals surface area (Å²) in [6, 6.07) is 8.31. The third-order valence-electron chi connectivity index (χ3n) is 3.71. The Hall–Kier alpha value is -1.78. The molecule has 3 rings (SSSR count). The van der Waals surface area contributed by atoms with Gasteiger partial charge in [0, 0.05) is 30.7 Å². The largest absolute Gasteiger partial charge is 0.341 e. The van der Waals surface area contributed by atoms with Crippen molar-refractivity contribution in [1.29, 1.82) is 0 Å². The van der Waals surface area contributed by atoms with Crippen molar-refractivity contribution in [1.82, 2.24) is 14.3 Å². The quantitative estimate of drug-likeness (QED) is 0.806. The van der Waals surface area contributed by atoms with Crippen LogP contribution in [-0.2, 0) is 20.1 Å². The monoisotopic (exact) mass is 288 g/mol. The molecule has 0 saturated carbocycles. The zero-order valence-corrected chi connectivity index (χ0v) is 12.4. The van der Waals surface area contributed by atoms with E-state index in [2.05, 4.69) is 34.1 Å². The summed E-state index contributed by atoms with van der Waals surface area (Å²) in [4.78, 5) is 0. The third kappa shape index (κ3) is 2.01. The molecule has 0 fully saturated rings. The molecule has 0 aliphatic rings. The molecule has 20 heavy (non-hydrogen) atoms. The molecule has 0 bridgehead atoms. The molecule has 2 heterocycles. The van der Waals surface area contributed by atoms with Crippen LogP contribution < -0.4 is 5.73 Å². The highest BCUT2D eigenvalue weighted by Crippen LogP contribution is 2.24. The number of nitrogens with zero attached hydrogens (tertiary/aromatic N) is 3. The van der Waals surface area contributed by atoms with Crippen molar-refractivity contribution in [3.05, 3.63) is 52.4 Å². The summed E-state index contributed by atoms with van der Waals surface area (Å²) in [6.45, 7) is 3.17. The van der Waals surface area contributed by atoms with Crippen molar-refractivity contribution in [3.63, 3.8) is 0 Å². The van der Waals surface area contributed by atoms with Crippen LogP contribution in [0.4, 0.5) is 0 Å². The summed E-state index contributed by atoms with van der Waals surface area (Å²) in [5.41, 5.74) is 9.99.